The first kappa shape index (κ1) is 16.4. The fourth-order valence-corrected chi connectivity index (χ4v) is 3.74. The molecule has 0 N–H and O–H groups in total. The maximum absolute atomic E-state index is 13.3. The van der Waals surface area contributed by atoms with Crippen molar-refractivity contribution in [1.82, 2.24) is 4.90 Å². The summed E-state index contributed by atoms with van der Waals surface area (Å²) in [6.45, 7) is 6.35. The molecule has 2 atom stereocenters. The SMILES string of the molecule is CCO[C@H]1CO[C@@]2(CCCN(C(=O)c3ccc(F)cc3C)C2)C1. The highest BCUT2D eigenvalue weighted by molar-refractivity contribution is 5.95. The first-order valence-corrected chi connectivity index (χ1v) is 8.34. The van der Waals surface area contributed by atoms with Crippen molar-refractivity contribution in [3.05, 3.63) is 35.1 Å². The van der Waals surface area contributed by atoms with Crippen LogP contribution in [0.25, 0.3) is 0 Å². The van der Waals surface area contributed by atoms with Crippen LogP contribution < -0.4 is 0 Å². The molecule has 2 saturated heterocycles. The summed E-state index contributed by atoms with van der Waals surface area (Å²) >= 11 is 0. The van der Waals surface area contributed by atoms with Crippen molar-refractivity contribution < 1.29 is 18.7 Å². The minimum absolute atomic E-state index is 0.0370. The van der Waals surface area contributed by atoms with Crippen LogP contribution in [0.2, 0.25) is 0 Å². The number of ether oxygens (including phenoxy) is 2. The van der Waals surface area contributed by atoms with Crippen molar-refractivity contribution in [2.45, 2.75) is 44.8 Å². The Bertz CT molecular complexity index is 592. The van der Waals surface area contributed by atoms with E-state index in [2.05, 4.69) is 0 Å². The van der Waals surface area contributed by atoms with Crippen LogP contribution in [0.1, 0.15) is 42.1 Å². The van der Waals surface area contributed by atoms with E-state index in [0.717, 1.165) is 25.8 Å². The number of amides is 1. The number of nitrogens with zero attached hydrogens (tertiary/aromatic N) is 1. The van der Waals surface area contributed by atoms with Crippen LogP contribution >= 0.6 is 0 Å². The predicted molar refractivity (Wildman–Crippen MR) is 85.0 cm³/mol. The van der Waals surface area contributed by atoms with E-state index in [1.54, 1.807) is 13.0 Å². The Morgan fingerprint density at radius 3 is 3.09 bits per heavy atom. The van der Waals surface area contributed by atoms with Gasteiger partial charge >= 0.3 is 0 Å². The first-order valence-electron chi connectivity index (χ1n) is 8.34. The molecule has 0 bridgehead atoms. The highest BCUT2D eigenvalue weighted by Gasteiger charge is 2.45. The molecule has 2 fully saturated rings. The quantitative estimate of drug-likeness (QED) is 0.859. The lowest BCUT2D eigenvalue weighted by atomic mass is 9.88. The van der Waals surface area contributed by atoms with E-state index in [-0.39, 0.29) is 23.4 Å². The van der Waals surface area contributed by atoms with Gasteiger partial charge in [0.1, 0.15) is 5.82 Å². The highest BCUT2D eigenvalue weighted by Crippen LogP contribution is 2.36. The fraction of sp³-hybridized carbons (Fsp3) is 0.611. The Morgan fingerprint density at radius 2 is 2.35 bits per heavy atom. The lowest BCUT2D eigenvalue weighted by Gasteiger charge is -2.39. The van der Waals surface area contributed by atoms with E-state index in [4.69, 9.17) is 9.47 Å². The molecule has 5 heteroatoms. The molecule has 1 amide bonds. The van der Waals surface area contributed by atoms with E-state index in [1.165, 1.54) is 12.1 Å². The van der Waals surface area contributed by atoms with Crippen molar-refractivity contribution in [2.24, 2.45) is 0 Å². The number of hydrogen-bond acceptors (Lipinski definition) is 3. The van der Waals surface area contributed by atoms with Crippen molar-refractivity contribution in [3.8, 4) is 0 Å². The molecule has 1 aromatic carbocycles. The zero-order valence-corrected chi connectivity index (χ0v) is 13.8. The third kappa shape index (κ3) is 3.40. The zero-order valence-electron chi connectivity index (χ0n) is 13.8. The number of rotatable bonds is 3. The molecule has 0 aliphatic carbocycles. The normalized spacial score (nSPS) is 27.6. The van der Waals surface area contributed by atoms with Crippen molar-refractivity contribution in [2.75, 3.05) is 26.3 Å². The van der Waals surface area contributed by atoms with Gasteiger partial charge in [-0.05, 0) is 50.5 Å². The summed E-state index contributed by atoms with van der Waals surface area (Å²) in [4.78, 5) is 14.6. The lowest BCUT2D eigenvalue weighted by molar-refractivity contribution is -0.0462. The average molecular weight is 321 g/mol. The van der Waals surface area contributed by atoms with Gasteiger partial charge in [0, 0.05) is 25.1 Å². The van der Waals surface area contributed by atoms with Gasteiger partial charge in [0.15, 0.2) is 0 Å². The number of benzene rings is 1. The van der Waals surface area contributed by atoms with Gasteiger partial charge in [0.25, 0.3) is 5.91 Å². The van der Waals surface area contributed by atoms with Gasteiger partial charge in [-0.15, -0.1) is 0 Å². The standard InChI is InChI=1S/C18H24FNO3/c1-3-22-15-10-18(23-11-15)7-4-8-20(12-18)17(21)16-6-5-14(19)9-13(16)2/h5-6,9,15H,3-4,7-8,10-12H2,1-2H3/t15-,18+/m1/s1. The lowest BCUT2D eigenvalue weighted by Crippen LogP contribution is -2.50. The van der Waals surface area contributed by atoms with Gasteiger partial charge in [0.2, 0.25) is 0 Å². The Morgan fingerprint density at radius 1 is 1.52 bits per heavy atom. The maximum Gasteiger partial charge on any atom is 0.254 e. The number of aryl methyl sites for hydroxylation is 1. The van der Waals surface area contributed by atoms with Crippen LogP contribution in [-0.4, -0.2) is 48.8 Å². The number of carbonyl (C=O) groups is 1. The third-order valence-corrected chi connectivity index (χ3v) is 4.82. The van der Waals surface area contributed by atoms with Crippen molar-refractivity contribution in [3.63, 3.8) is 0 Å². The summed E-state index contributed by atoms with van der Waals surface area (Å²) in [5, 5.41) is 0. The van der Waals surface area contributed by atoms with Gasteiger partial charge in [-0.3, -0.25) is 4.79 Å². The second-order valence-electron chi connectivity index (χ2n) is 6.56. The molecule has 126 valence electrons. The molecular weight excluding hydrogens is 297 g/mol. The number of likely N-dealkylation sites (tertiary alicyclic amines) is 1. The zero-order chi connectivity index (χ0) is 16.4. The van der Waals surface area contributed by atoms with Crippen LogP contribution in [0.15, 0.2) is 18.2 Å². The molecule has 4 nitrogen and oxygen atoms in total. The van der Waals surface area contributed by atoms with Crippen LogP contribution in [0, 0.1) is 12.7 Å². The fourth-order valence-electron chi connectivity index (χ4n) is 3.74. The number of carbonyl (C=O) groups excluding carboxylic acids is 1. The Balaban J connectivity index is 1.72. The van der Waals surface area contributed by atoms with E-state index >= 15 is 0 Å². The smallest absolute Gasteiger partial charge is 0.254 e. The van der Waals surface area contributed by atoms with Gasteiger partial charge in [-0.25, -0.2) is 4.39 Å². The van der Waals surface area contributed by atoms with Crippen molar-refractivity contribution >= 4 is 5.91 Å². The Labute approximate surface area is 136 Å². The molecule has 3 rings (SSSR count). The number of piperidine rings is 1. The topological polar surface area (TPSA) is 38.8 Å². The molecule has 0 radical (unpaired) electrons. The van der Waals surface area contributed by atoms with Crippen LogP contribution in [0.4, 0.5) is 4.39 Å². The number of halogens is 1. The molecule has 23 heavy (non-hydrogen) atoms. The van der Waals surface area contributed by atoms with Gasteiger partial charge in [0.05, 0.1) is 24.9 Å². The monoisotopic (exact) mass is 321 g/mol. The second-order valence-corrected chi connectivity index (χ2v) is 6.56. The van der Waals surface area contributed by atoms with E-state index in [1.807, 2.05) is 11.8 Å². The second kappa shape index (κ2) is 6.57. The van der Waals surface area contributed by atoms with E-state index in [9.17, 15) is 9.18 Å². The molecule has 0 saturated carbocycles. The molecular formula is C18H24FNO3. The molecule has 0 unspecified atom stereocenters. The maximum atomic E-state index is 13.3. The molecule has 2 aliphatic rings. The van der Waals surface area contributed by atoms with E-state index < -0.39 is 0 Å². The van der Waals surface area contributed by atoms with E-state index in [0.29, 0.717) is 30.9 Å². The Kier molecular flexibility index (Phi) is 4.69. The molecule has 1 spiro atoms. The van der Waals surface area contributed by atoms with Gasteiger partial charge in [-0.2, -0.15) is 0 Å². The molecule has 0 aromatic heterocycles. The molecule has 2 aliphatic heterocycles. The highest BCUT2D eigenvalue weighted by atomic mass is 19.1. The van der Waals surface area contributed by atoms with Crippen molar-refractivity contribution in [1.29, 1.82) is 0 Å². The van der Waals surface area contributed by atoms with Crippen LogP contribution in [0.5, 0.6) is 0 Å². The summed E-state index contributed by atoms with van der Waals surface area (Å²) in [5.74, 6) is -0.349. The molecule has 2 heterocycles. The summed E-state index contributed by atoms with van der Waals surface area (Å²) in [6, 6.07) is 4.33. The first-order chi connectivity index (χ1) is 11.0. The molecule has 1 aromatic rings. The third-order valence-electron chi connectivity index (χ3n) is 4.82. The summed E-state index contributed by atoms with van der Waals surface area (Å²) in [6.07, 6.45) is 2.85. The minimum Gasteiger partial charge on any atom is -0.376 e. The predicted octanol–water partition coefficient (Wildman–Crippen LogP) is 2.93. The summed E-state index contributed by atoms with van der Waals surface area (Å²) in [7, 11) is 0. The average Bonchev–Trinajstić information content (AvgIpc) is 2.89. The minimum atomic E-state index is -0.312. The summed E-state index contributed by atoms with van der Waals surface area (Å²) < 4.78 is 25.0. The summed E-state index contributed by atoms with van der Waals surface area (Å²) in [5.41, 5.74) is 0.971. The number of hydrogen-bond donors (Lipinski definition) is 0. The van der Waals surface area contributed by atoms with Crippen LogP contribution in [0.3, 0.4) is 0 Å². The largest absolute Gasteiger partial charge is 0.376 e. The Hall–Kier alpha value is -1.46. The van der Waals surface area contributed by atoms with Gasteiger partial charge < -0.3 is 14.4 Å². The van der Waals surface area contributed by atoms with Crippen LogP contribution in [-0.2, 0) is 9.47 Å². The van der Waals surface area contributed by atoms with Gasteiger partial charge in [-0.1, -0.05) is 0 Å².